The summed E-state index contributed by atoms with van der Waals surface area (Å²) in [5.41, 5.74) is 0. The van der Waals surface area contributed by atoms with Gasteiger partial charge in [-0.15, -0.1) is 0 Å². The monoisotopic (exact) mass is 138 g/mol. The molecule has 0 aromatic heterocycles. The molecule has 0 spiro atoms. The van der Waals surface area contributed by atoms with Crippen LogP contribution < -0.4 is 0 Å². The van der Waals surface area contributed by atoms with Crippen LogP contribution in [0.2, 0.25) is 0 Å². The molecule has 0 aromatic carbocycles. The fourth-order valence-corrected chi connectivity index (χ4v) is 1.66. The maximum atomic E-state index is 2.42. The van der Waals surface area contributed by atoms with Gasteiger partial charge in [-0.05, 0) is 25.2 Å². The SMILES string of the molecule is CC/C=C/C1CCCCC1. The first-order valence-electron chi connectivity index (χ1n) is 4.60. The van der Waals surface area contributed by atoms with E-state index in [1.165, 1.54) is 38.5 Å². The Hall–Kier alpha value is -0.260. The van der Waals surface area contributed by atoms with Crippen LogP contribution in [-0.2, 0) is 0 Å². The lowest BCUT2D eigenvalue weighted by Gasteiger charge is -2.17. The van der Waals surface area contributed by atoms with Crippen molar-refractivity contribution in [2.24, 2.45) is 5.92 Å². The first-order valence-corrected chi connectivity index (χ1v) is 4.60. The minimum Gasteiger partial charge on any atom is -0.0885 e. The van der Waals surface area contributed by atoms with Gasteiger partial charge in [-0.2, -0.15) is 0 Å². The van der Waals surface area contributed by atoms with Crippen molar-refractivity contribution in [3.8, 4) is 0 Å². The van der Waals surface area contributed by atoms with E-state index in [1.54, 1.807) is 0 Å². The van der Waals surface area contributed by atoms with Crippen LogP contribution in [0.25, 0.3) is 0 Å². The zero-order chi connectivity index (χ0) is 7.23. The molecule has 0 unspecified atom stereocenters. The molecule has 0 radical (unpaired) electrons. The molecule has 1 aliphatic rings. The molecule has 0 nitrogen and oxygen atoms in total. The van der Waals surface area contributed by atoms with Gasteiger partial charge in [0.15, 0.2) is 0 Å². The molecule has 0 bridgehead atoms. The Morgan fingerprint density at radius 2 is 1.90 bits per heavy atom. The number of allylic oxidation sites excluding steroid dienone is 2. The van der Waals surface area contributed by atoms with Gasteiger partial charge in [0.05, 0.1) is 0 Å². The molecule has 0 heterocycles. The van der Waals surface area contributed by atoms with Crippen LogP contribution >= 0.6 is 0 Å². The van der Waals surface area contributed by atoms with Gasteiger partial charge in [-0.25, -0.2) is 0 Å². The average Bonchev–Trinajstić information content (AvgIpc) is 2.03. The second-order valence-corrected chi connectivity index (χ2v) is 3.23. The highest BCUT2D eigenvalue weighted by Gasteiger charge is 2.08. The molecule has 1 saturated carbocycles. The van der Waals surface area contributed by atoms with Crippen molar-refractivity contribution in [3.05, 3.63) is 12.2 Å². The van der Waals surface area contributed by atoms with Crippen LogP contribution in [0.1, 0.15) is 45.4 Å². The van der Waals surface area contributed by atoms with Crippen molar-refractivity contribution in [2.75, 3.05) is 0 Å². The first-order chi connectivity index (χ1) is 4.93. The van der Waals surface area contributed by atoms with Crippen LogP contribution in [0.5, 0.6) is 0 Å². The smallest absolute Gasteiger partial charge is 0.0234 e. The topological polar surface area (TPSA) is 0 Å². The summed E-state index contributed by atoms with van der Waals surface area (Å²) in [5.74, 6) is 0.925. The highest BCUT2D eigenvalue weighted by atomic mass is 14.1. The lowest BCUT2D eigenvalue weighted by Crippen LogP contribution is -2.02. The molecule has 0 N–H and O–H groups in total. The predicted molar refractivity (Wildman–Crippen MR) is 46.0 cm³/mol. The molecular weight excluding hydrogens is 120 g/mol. The third-order valence-electron chi connectivity index (χ3n) is 2.29. The largest absolute Gasteiger partial charge is 0.0885 e. The lowest BCUT2D eigenvalue weighted by atomic mass is 9.89. The van der Waals surface area contributed by atoms with Crippen LogP contribution in [0.15, 0.2) is 12.2 Å². The van der Waals surface area contributed by atoms with Crippen LogP contribution in [0, 0.1) is 5.92 Å². The summed E-state index contributed by atoms with van der Waals surface area (Å²) in [6.45, 7) is 2.21. The molecule has 1 aliphatic carbocycles. The van der Waals surface area contributed by atoms with Gasteiger partial charge in [0.1, 0.15) is 0 Å². The van der Waals surface area contributed by atoms with Gasteiger partial charge in [0.2, 0.25) is 0 Å². The molecule has 1 rings (SSSR count). The summed E-state index contributed by atoms with van der Waals surface area (Å²) < 4.78 is 0. The van der Waals surface area contributed by atoms with Crippen molar-refractivity contribution < 1.29 is 0 Å². The summed E-state index contributed by atoms with van der Waals surface area (Å²) in [6.07, 6.45) is 13.2. The highest BCUT2D eigenvalue weighted by molar-refractivity contribution is 4.88. The van der Waals surface area contributed by atoms with Crippen molar-refractivity contribution in [2.45, 2.75) is 45.4 Å². The minimum atomic E-state index is 0.925. The molecule has 0 aliphatic heterocycles. The van der Waals surface area contributed by atoms with Gasteiger partial charge in [-0.3, -0.25) is 0 Å². The molecular formula is C10H18. The van der Waals surface area contributed by atoms with Gasteiger partial charge < -0.3 is 0 Å². The van der Waals surface area contributed by atoms with E-state index in [4.69, 9.17) is 0 Å². The quantitative estimate of drug-likeness (QED) is 0.512. The van der Waals surface area contributed by atoms with E-state index in [0.29, 0.717) is 0 Å². The third-order valence-corrected chi connectivity index (χ3v) is 2.29. The third kappa shape index (κ3) is 2.55. The Balaban J connectivity index is 2.19. The molecule has 0 saturated heterocycles. The summed E-state index contributed by atoms with van der Waals surface area (Å²) >= 11 is 0. The van der Waals surface area contributed by atoms with Crippen LogP contribution in [-0.4, -0.2) is 0 Å². The average molecular weight is 138 g/mol. The van der Waals surface area contributed by atoms with E-state index in [2.05, 4.69) is 19.1 Å². The molecule has 0 heteroatoms. The summed E-state index contributed by atoms with van der Waals surface area (Å²) in [5, 5.41) is 0. The Kier molecular flexibility index (Phi) is 3.56. The number of hydrogen-bond acceptors (Lipinski definition) is 0. The fourth-order valence-electron chi connectivity index (χ4n) is 1.66. The Bertz CT molecular complexity index is 96.6. The Labute approximate surface area is 64.3 Å². The minimum absolute atomic E-state index is 0.925. The number of rotatable bonds is 2. The zero-order valence-electron chi connectivity index (χ0n) is 6.97. The first kappa shape index (κ1) is 7.84. The van der Waals surface area contributed by atoms with Crippen molar-refractivity contribution in [1.29, 1.82) is 0 Å². The van der Waals surface area contributed by atoms with E-state index in [-0.39, 0.29) is 0 Å². The maximum Gasteiger partial charge on any atom is -0.0234 e. The normalized spacial score (nSPS) is 22.1. The van der Waals surface area contributed by atoms with E-state index < -0.39 is 0 Å². The highest BCUT2D eigenvalue weighted by Crippen LogP contribution is 2.24. The fraction of sp³-hybridized carbons (Fsp3) is 0.800. The maximum absolute atomic E-state index is 2.42. The lowest BCUT2D eigenvalue weighted by molar-refractivity contribution is 0.419. The van der Waals surface area contributed by atoms with E-state index in [9.17, 15) is 0 Å². The molecule has 58 valence electrons. The molecule has 10 heavy (non-hydrogen) atoms. The van der Waals surface area contributed by atoms with Crippen molar-refractivity contribution >= 4 is 0 Å². The summed E-state index contributed by atoms with van der Waals surface area (Å²) in [6, 6.07) is 0. The zero-order valence-corrected chi connectivity index (χ0v) is 6.97. The van der Waals surface area contributed by atoms with E-state index in [1.807, 2.05) is 0 Å². The molecule has 0 amide bonds. The van der Waals surface area contributed by atoms with Gasteiger partial charge in [0.25, 0.3) is 0 Å². The Morgan fingerprint density at radius 1 is 1.20 bits per heavy atom. The predicted octanol–water partition coefficient (Wildman–Crippen LogP) is 3.53. The molecule has 1 fully saturated rings. The van der Waals surface area contributed by atoms with Crippen molar-refractivity contribution in [1.82, 2.24) is 0 Å². The van der Waals surface area contributed by atoms with Crippen molar-refractivity contribution in [3.63, 3.8) is 0 Å². The van der Waals surface area contributed by atoms with E-state index >= 15 is 0 Å². The van der Waals surface area contributed by atoms with Gasteiger partial charge in [0, 0.05) is 0 Å². The van der Waals surface area contributed by atoms with E-state index in [0.717, 1.165) is 5.92 Å². The summed E-state index contributed by atoms with van der Waals surface area (Å²) in [7, 11) is 0. The van der Waals surface area contributed by atoms with Crippen LogP contribution in [0.3, 0.4) is 0 Å². The van der Waals surface area contributed by atoms with Gasteiger partial charge in [-0.1, -0.05) is 38.3 Å². The number of hydrogen-bond donors (Lipinski definition) is 0. The molecule has 0 atom stereocenters. The standard InChI is InChI=1S/C10H18/c1-2-3-7-10-8-5-4-6-9-10/h3,7,10H,2,4-6,8-9H2,1H3/b7-3+. The summed E-state index contributed by atoms with van der Waals surface area (Å²) in [4.78, 5) is 0. The second kappa shape index (κ2) is 4.54. The molecule has 0 aromatic rings. The van der Waals surface area contributed by atoms with Crippen LogP contribution in [0.4, 0.5) is 0 Å². The Morgan fingerprint density at radius 3 is 2.50 bits per heavy atom. The second-order valence-electron chi connectivity index (χ2n) is 3.23. The van der Waals surface area contributed by atoms with Gasteiger partial charge >= 0.3 is 0 Å².